The van der Waals surface area contributed by atoms with Crippen LogP contribution in [0.2, 0.25) is 0 Å². The normalized spacial score (nSPS) is 10.4. The predicted octanol–water partition coefficient (Wildman–Crippen LogP) is 2.35. The van der Waals surface area contributed by atoms with Crippen molar-refractivity contribution in [1.82, 2.24) is 9.78 Å². The van der Waals surface area contributed by atoms with Gasteiger partial charge in [-0.25, -0.2) is 4.68 Å². The van der Waals surface area contributed by atoms with Gasteiger partial charge in [0, 0.05) is 12.1 Å². The van der Waals surface area contributed by atoms with E-state index in [-0.39, 0.29) is 0 Å². The van der Waals surface area contributed by atoms with Crippen molar-refractivity contribution >= 4 is 12.1 Å². The Hall–Kier alpha value is -2.10. The third-order valence-corrected chi connectivity index (χ3v) is 2.63. The first-order chi connectivity index (χ1) is 8.27. The first-order valence-corrected chi connectivity index (χ1v) is 5.64. The molecule has 4 heteroatoms. The van der Waals surface area contributed by atoms with Gasteiger partial charge in [0.15, 0.2) is 6.29 Å². The zero-order chi connectivity index (χ0) is 12.3. The van der Waals surface area contributed by atoms with E-state index in [9.17, 15) is 4.79 Å². The fourth-order valence-electron chi connectivity index (χ4n) is 1.80. The van der Waals surface area contributed by atoms with Gasteiger partial charge >= 0.3 is 0 Å². The monoisotopic (exact) mass is 229 g/mol. The number of hydrogen-bond donors (Lipinski definition) is 1. The van der Waals surface area contributed by atoms with Crippen LogP contribution >= 0.6 is 0 Å². The van der Waals surface area contributed by atoms with Crippen LogP contribution in [0.1, 0.15) is 23.7 Å². The number of rotatable bonds is 4. The lowest BCUT2D eigenvalue weighted by molar-refractivity contribution is 0.112. The fraction of sp³-hybridized carbons (Fsp3) is 0.231. The lowest BCUT2D eigenvalue weighted by Crippen LogP contribution is -2.04. The summed E-state index contributed by atoms with van der Waals surface area (Å²) in [4.78, 5) is 11.1. The smallest absolute Gasteiger partial charge is 0.156 e. The number of carbonyl (C=O) groups excluding carboxylic acids is 1. The summed E-state index contributed by atoms with van der Waals surface area (Å²) in [5.41, 5.74) is 7.96. The van der Waals surface area contributed by atoms with Crippen molar-refractivity contribution in [1.29, 1.82) is 0 Å². The molecule has 1 aromatic heterocycles. The summed E-state index contributed by atoms with van der Waals surface area (Å²) in [6.07, 6.45) is 1.70. The molecule has 4 nitrogen and oxygen atoms in total. The minimum Gasteiger partial charge on any atom is -0.383 e. The van der Waals surface area contributed by atoms with Crippen molar-refractivity contribution in [3.8, 4) is 11.3 Å². The van der Waals surface area contributed by atoms with Crippen LogP contribution in [0.25, 0.3) is 11.3 Å². The van der Waals surface area contributed by atoms with Crippen LogP contribution in [-0.2, 0) is 6.54 Å². The van der Waals surface area contributed by atoms with Crippen LogP contribution in [0, 0.1) is 0 Å². The Kier molecular flexibility index (Phi) is 3.23. The van der Waals surface area contributed by atoms with Crippen molar-refractivity contribution in [3.05, 3.63) is 35.9 Å². The molecule has 0 saturated carbocycles. The van der Waals surface area contributed by atoms with Crippen molar-refractivity contribution in [2.45, 2.75) is 19.9 Å². The number of nitrogens with zero attached hydrogens (tertiary/aromatic N) is 2. The zero-order valence-corrected chi connectivity index (χ0v) is 9.76. The van der Waals surface area contributed by atoms with E-state index in [4.69, 9.17) is 5.73 Å². The highest BCUT2D eigenvalue weighted by molar-refractivity contribution is 5.91. The van der Waals surface area contributed by atoms with Gasteiger partial charge in [0.2, 0.25) is 0 Å². The second kappa shape index (κ2) is 4.82. The Bertz CT molecular complexity index is 517. The number of hydrogen-bond acceptors (Lipinski definition) is 3. The molecular formula is C13H15N3O. The first-order valence-electron chi connectivity index (χ1n) is 5.64. The van der Waals surface area contributed by atoms with Crippen LogP contribution in [0.4, 0.5) is 5.82 Å². The fourth-order valence-corrected chi connectivity index (χ4v) is 1.80. The first kappa shape index (κ1) is 11.4. The largest absolute Gasteiger partial charge is 0.383 e. The van der Waals surface area contributed by atoms with Crippen LogP contribution < -0.4 is 5.73 Å². The number of carbonyl (C=O) groups is 1. The molecule has 0 radical (unpaired) electrons. The van der Waals surface area contributed by atoms with E-state index in [0.29, 0.717) is 17.1 Å². The summed E-state index contributed by atoms with van der Waals surface area (Å²) < 4.78 is 1.69. The summed E-state index contributed by atoms with van der Waals surface area (Å²) in [7, 11) is 0. The molecule has 0 atom stereocenters. The third kappa shape index (κ3) is 2.06. The van der Waals surface area contributed by atoms with E-state index in [1.165, 1.54) is 0 Å². The number of aromatic nitrogens is 2. The van der Waals surface area contributed by atoms with Crippen molar-refractivity contribution in [3.63, 3.8) is 0 Å². The molecule has 0 spiro atoms. The molecule has 0 fully saturated rings. The van der Waals surface area contributed by atoms with Gasteiger partial charge < -0.3 is 5.73 Å². The van der Waals surface area contributed by atoms with E-state index in [0.717, 1.165) is 24.8 Å². The maximum absolute atomic E-state index is 11.1. The van der Waals surface area contributed by atoms with Gasteiger partial charge in [-0.05, 0) is 6.42 Å². The van der Waals surface area contributed by atoms with E-state index >= 15 is 0 Å². The molecule has 0 aliphatic carbocycles. The molecule has 88 valence electrons. The number of anilines is 1. The highest BCUT2D eigenvalue weighted by Crippen LogP contribution is 2.25. The topological polar surface area (TPSA) is 60.9 Å². The van der Waals surface area contributed by atoms with Crippen LogP contribution in [0.15, 0.2) is 30.3 Å². The Morgan fingerprint density at radius 3 is 2.65 bits per heavy atom. The van der Waals surface area contributed by atoms with Crippen molar-refractivity contribution < 1.29 is 4.79 Å². The molecule has 2 aromatic rings. The molecule has 0 aliphatic rings. The minimum absolute atomic E-state index is 0.445. The van der Waals surface area contributed by atoms with E-state index < -0.39 is 0 Å². The van der Waals surface area contributed by atoms with Crippen molar-refractivity contribution in [2.75, 3.05) is 5.73 Å². The molecule has 0 amide bonds. The number of aryl methyl sites for hydroxylation is 1. The Labute approximate surface area is 100 Å². The van der Waals surface area contributed by atoms with E-state index in [1.54, 1.807) is 4.68 Å². The second-order valence-electron chi connectivity index (χ2n) is 3.85. The molecule has 1 aromatic carbocycles. The van der Waals surface area contributed by atoms with Gasteiger partial charge in [0.25, 0.3) is 0 Å². The SMILES string of the molecule is CCCn1nc(-c2ccccc2)c(C=O)c1N. The lowest BCUT2D eigenvalue weighted by atomic mass is 10.1. The molecule has 0 unspecified atom stereocenters. The summed E-state index contributed by atoms with van der Waals surface area (Å²) in [5.74, 6) is 0.445. The van der Waals surface area contributed by atoms with Gasteiger partial charge in [0.1, 0.15) is 11.5 Å². The highest BCUT2D eigenvalue weighted by atomic mass is 16.1. The molecule has 0 bridgehead atoms. The maximum Gasteiger partial charge on any atom is 0.156 e. The quantitative estimate of drug-likeness (QED) is 0.818. The number of nitrogens with two attached hydrogens (primary N) is 1. The zero-order valence-electron chi connectivity index (χ0n) is 9.76. The van der Waals surface area contributed by atoms with Gasteiger partial charge in [-0.2, -0.15) is 5.10 Å². The molecule has 1 heterocycles. The maximum atomic E-state index is 11.1. The van der Waals surface area contributed by atoms with E-state index in [1.807, 2.05) is 37.3 Å². The second-order valence-corrected chi connectivity index (χ2v) is 3.85. The lowest BCUT2D eigenvalue weighted by Gasteiger charge is -1.99. The van der Waals surface area contributed by atoms with Crippen LogP contribution in [-0.4, -0.2) is 16.1 Å². The minimum atomic E-state index is 0.445. The summed E-state index contributed by atoms with van der Waals surface area (Å²) in [6, 6.07) is 9.60. The third-order valence-electron chi connectivity index (χ3n) is 2.63. The molecular weight excluding hydrogens is 214 g/mol. The van der Waals surface area contributed by atoms with Gasteiger partial charge in [-0.1, -0.05) is 37.3 Å². The Balaban J connectivity index is 2.54. The predicted molar refractivity (Wildman–Crippen MR) is 67.8 cm³/mol. The van der Waals surface area contributed by atoms with Crippen LogP contribution in [0.5, 0.6) is 0 Å². The van der Waals surface area contributed by atoms with Crippen LogP contribution in [0.3, 0.4) is 0 Å². The van der Waals surface area contributed by atoms with Crippen molar-refractivity contribution in [2.24, 2.45) is 0 Å². The van der Waals surface area contributed by atoms with E-state index in [2.05, 4.69) is 5.10 Å². The van der Waals surface area contributed by atoms with Gasteiger partial charge in [-0.3, -0.25) is 4.79 Å². The van der Waals surface area contributed by atoms with Gasteiger partial charge in [-0.15, -0.1) is 0 Å². The standard InChI is InChI=1S/C13H15N3O/c1-2-8-16-13(14)11(9-17)12(15-16)10-6-4-3-5-7-10/h3-7,9H,2,8,14H2,1H3. The molecule has 17 heavy (non-hydrogen) atoms. The number of aldehydes is 1. The summed E-state index contributed by atoms with van der Waals surface area (Å²) in [6.45, 7) is 2.77. The highest BCUT2D eigenvalue weighted by Gasteiger charge is 2.15. The molecule has 0 aliphatic heterocycles. The van der Waals surface area contributed by atoms with Gasteiger partial charge in [0.05, 0.1) is 5.56 Å². The molecule has 2 rings (SSSR count). The molecule has 0 saturated heterocycles. The number of nitrogen functional groups attached to an aromatic ring is 1. The Morgan fingerprint density at radius 2 is 2.06 bits per heavy atom. The average Bonchev–Trinajstić information content (AvgIpc) is 2.68. The summed E-state index contributed by atoms with van der Waals surface area (Å²) in [5, 5.41) is 4.40. The Morgan fingerprint density at radius 1 is 1.35 bits per heavy atom. The number of benzene rings is 1. The molecule has 2 N–H and O–H groups in total. The summed E-state index contributed by atoms with van der Waals surface area (Å²) >= 11 is 0. The average molecular weight is 229 g/mol.